The average molecular weight is 290 g/mol. The molecule has 102 valence electrons. The monoisotopic (exact) mass is 290 g/mol. The van der Waals surface area contributed by atoms with Crippen molar-refractivity contribution in [2.24, 2.45) is 11.1 Å². The molecule has 18 heavy (non-hydrogen) atoms. The zero-order valence-electron chi connectivity index (χ0n) is 10.5. The van der Waals surface area contributed by atoms with Crippen LogP contribution in [0.25, 0.3) is 0 Å². The van der Waals surface area contributed by atoms with Gasteiger partial charge in [0.2, 0.25) is 10.0 Å². The van der Waals surface area contributed by atoms with E-state index < -0.39 is 10.0 Å². The van der Waals surface area contributed by atoms with E-state index in [2.05, 4.69) is 22.2 Å². The number of thiazole rings is 1. The Morgan fingerprint density at radius 3 is 2.83 bits per heavy atom. The predicted molar refractivity (Wildman–Crippen MR) is 72.3 cm³/mol. The number of nitrogens with zero attached hydrogens (tertiary/aromatic N) is 2. The summed E-state index contributed by atoms with van der Waals surface area (Å²) >= 11 is 1.10. The van der Waals surface area contributed by atoms with Crippen LogP contribution in [0.15, 0.2) is 4.21 Å². The average Bonchev–Trinajstić information content (AvgIpc) is 2.81. The topological polar surface area (TPSA) is 88.3 Å². The molecule has 1 saturated heterocycles. The van der Waals surface area contributed by atoms with Gasteiger partial charge in [-0.05, 0) is 32.9 Å². The smallest absolute Gasteiger partial charge is 0.249 e. The van der Waals surface area contributed by atoms with Crippen molar-refractivity contribution in [3.63, 3.8) is 0 Å². The van der Waals surface area contributed by atoms with Crippen LogP contribution < -0.4 is 10.5 Å². The number of rotatable bonds is 4. The zero-order valence-corrected chi connectivity index (χ0v) is 12.1. The van der Waals surface area contributed by atoms with Crippen LogP contribution in [-0.4, -0.2) is 45.0 Å². The van der Waals surface area contributed by atoms with E-state index in [4.69, 9.17) is 5.14 Å². The molecule has 1 unspecified atom stereocenters. The number of hydrogen-bond acceptors (Lipinski definition) is 6. The molecule has 1 aliphatic heterocycles. The summed E-state index contributed by atoms with van der Waals surface area (Å²) in [5.41, 5.74) is 0.466. The molecular formula is C10H18N4O2S2. The second-order valence-electron chi connectivity index (χ2n) is 4.73. The summed E-state index contributed by atoms with van der Waals surface area (Å²) in [6.45, 7) is 4.66. The van der Waals surface area contributed by atoms with Gasteiger partial charge in [0, 0.05) is 13.1 Å². The fraction of sp³-hybridized carbons (Fsp3) is 0.700. The van der Waals surface area contributed by atoms with E-state index in [1.807, 2.05) is 0 Å². The molecule has 2 heterocycles. The van der Waals surface area contributed by atoms with Crippen LogP contribution in [0, 0.1) is 12.8 Å². The van der Waals surface area contributed by atoms with Gasteiger partial charge in [0.15, 0.2) is 9.34 Å². The van der Waals surface area contributed by atoms with E-state index in [1.54, 1.807) is 6.92 Å². The molecule has 1 aromatic rings. The molecule has 0 bridgehead atoms. The normalized spacial score (nSPS) is 21.4. The quantitative estimate of drug-likeness (QED) is 0.841. The Morgan fingerprint density at radius 1 is 1.61 bits per heavy atom. The fourth-order valence-electron chi connectivity index (χ4n) is 2.15. The third kappa shape index (κ3) is 3.19. The van der Waals surface area contributed by atoms with Gasteiger partial charge in [-0.1, -0.05) is 11.3 Å². The number of primary sulfonamides is 1. The Kier molecular flexibility index (Phi) is 3.90. The number of hydrogen-bond donors (Lipinski definition) is 2. The predicted octanol–water partition coefficient (Wildman–Crippen LogP) is 0.463. The molecule has 1 aliphatic rings. The lowest BCUT2D eigenvalue weighted by atomic mass is 10.1. The maximum Gasteiger partial charge on any atom is 0.249 e. The minimum absolute atomic E-state index is 0.147. The highest BCUT2D eigenvalue weighted by Crippen LogP contribution is 2.26. The lowest BCUT2D eigenvalue weighted by molar-refractivity contribution is 0.399. The number of likely N-dealkylation sites (tertiary alicyclic amines) is 1. The summed E-state index contributed by atoms with van der Waals surface area (Å²) in [4.78, 5) is 6.48. The van der Waals surface area contributed by atoms with Crippen LogP contribution in [-0.2, 0) is 10.0 Å². The molecule has 1 aromatic heterocycles. The molecule has 0 saturated carbocycles. The summed E-state index contributed by atoms with van der Waals surface area (Å²) in [6, 6.07) is 0. The molecule has 1 fully saturated rings. The lowest BCUT2D eigenvalue weighted by Gasteiger charge is -2.10. The van der Waals surface area contributed by atoms with Crippen LogP contribution in [0.2, 0.25) is 0 Å². The van der Waals surface area contributed by atoms with Gasteiger partial charge < -0.3 is 10.2 Å². The fourth-order valence-corrected chi connectivity index (χ4v) is 4.01. The van der Waals surface area contributed by atoms with E-state index in [0.717, 1.165) is 37.4 Å². The molecule has 3 N–H and O–H groups in total. The van der Waals surface area contributed by atoms with Gasteiger partial charge in [0.25, 0.3) is 0 Å². The Hall–Kier alpha value is -0.700. The minimum Gasteiger partial charge on any atom is -0.361 e. The first-order valence-electron chi connectivity index (χ1n) is 5.79. The van der Waals surface area contributed by atoms with E-state index in [1.165, 1.54) is 0 Å². The van der Waals surface area contributed by atoms with Crippen molar-refractivity contribution in [2.75, 3.05) is 32.0 Å². The molecule has 8 heteroatoms. The van der Waals surface area contributed by atoms with Crippen LogP contribution in [0.1, 0.15) is 12.1 Å². The van der Waals surface area contributed by atoms with Crippen molar-refractivity contribution in [2.45, 2.75) is 17.6 Å². The van der Waals surface area contributed by atoms with Crippen molar-refractivity contribution >= 4 is 26.5 Å². The second kappa shape index (κ2) is 5.12. The first-order valence-corrected chi connectivity index (χ1v) is 8.15. The summed E-state index contributed by atoms with van der Waals surface area (Å²) in [5, 5.41) is 8.95. The van der Waals surface area contributed by atoms with Crippen molar-refractivity contribution in [3.8, 4) is 0 Å². The van der Waals surface area contributed by atoms with Gasteiger partial charge in [-0.3, -0.25) is 0 Å². The molecule has 0 aliphatic carbocycles. The summed E-state index contributed by atoms with van der Waals surface area (Å²) in [5.74, 6) is 0.595. The Balaban J connectivity index is 1.99. The third-order valence-corrected chi connectivity index (χ3v) is 5.71. The van der Waals surface area contributed by atoms with E-state index in [-0.39, 0.29) is 4.21 Å². The van der Waals surface area contributed by atoms with Gasteiger partial charge >= 0.3 is 0 Å². The van der Waals surface area contributed by atoms with Gasteiger partial charge in [-0.25, -0.2) is 18.5 Å². The van der Waals surface area contributed by atoms with Gasteiger partial charge in [0.05, 0.1) is 5.69 Å². The summed E-state index contributed by atoms with van der Waals surface area (Å²) in [7, 11) is -1.55. The minimum atomic E-state index is -3.65. The van der Waals surface area contributed by atoms with E-state index in [9.17, 15) is 8.42 Å². The molecule has 1 atom stereocenters. The van der Waals surface area contributed by atoms with Crippen molar-refractivity contribution in [1.29, 1.82) is 0 Å². The van der Waals surface area contributed by atoms with Crippen molar-refractivity contribution in [1.82, 2.24) is 9.88 Å². The first-order chi connectivity index (χ1) is 8.36. The maximum absolute atomic E-state index is 11.3. The van der Waals surface area contributed by atoms with Gasteiger partial charge in [-0.2, -0.15) is 0 Å². The number of aromatic nitrogens is 1. The first kappa shape index (κ1) is 13.7. The Labute approximate surface area is 111 Å². The number of anilines is 1. The molecule has 0 spiro atoms. The Morgan fingerprint density at radius 2 is 2.33 bits per heavy atom. The highest BCUT2D eigenvalue weighted by molar-refractivity contribution is 7.91. The van der Waals surface area contributed by atoms with Crippen LogP contribution in [0.3, 0.4) is 0 Å². The Bertz CT molecular complexity index is 526. The number of nitrogens with two attached hydrogens (primary N) is 1. The third-order valence-electron chi connectivity index (χ3n) is 3.04. The number of aryl methyl sites for hydroxylation is 1. The van der Waals surface area contributed by atoms with Crippen LogP contribution in [0.5, 0.6) is 0 Å². The highest BCUT2D eigenvalue weighted by atomic mass is 32.2. The number of sulfonamides is 1. The van der Waals surface area contributed by atoms with Crippen LogP contribution >= 0.6 is 11.3 Å². The van der Waals surface area contributed by atoms with E-state index in [0.29, 0.717) is 16.7 Å². The molecule has 6 nitrogen and oxygen atoms in total. The zero-order chi connectivity index (χ0) is 13.3. The lowest BCUT2D eigenvalue weighted by Crippen LogP contribution is -2.19. The standard InChI is InChI=1S/C10H18N4O2S2/c1-7-9(18(11,15)16)17-10(13-7)12-5-8-3-4-14(2)6-8/h8H,3-6H2,1-2H3,(H,12,13)(H2,11,15,16). The molecular weight excluding hydrogens is 272 g/mol. The second-order valence-corrected chi connectivity index (χ2v) is 7.49. The molecule has 0 radical (unpaired) electrons. The summed E-state index contributed by atoms with van der Waals surface area (Å²) < 4.78 is 22.7. The molecule has 0 amide bonds. The maximum atomic E-state index is 11.3. The van der Waals surface area contributed by atoms with Crippen LogP contribution in [0.4, 0.5) is 5.13 Å². The molecule has 2 rings (SSSR count). The SMILES string of the molecule is Cc1nc(NCC2CCN(C)C2)sc1S(N)(=O)=O. The van der Waals surface area contributed by atoms with Gasteiger partial charge in [0.1, 0.15) is 0 Å². The van der Waals surface area contributed by atoms with Gasteiger partial charge in [-0.15, -0.1) is 0 Å². The van der Waals surface area contributed by atoms with E-state index >= 15 is 0 Å². The summed E-state index contributed by atoms with van der Waals surface area (Å²) in [6.07, 6.45) is 1.16. The highest BCUT2D eigenvalue weighted by Gasteiger charge is 2.21. The number of nitrogens with one attached hydrogen (secondary N) is 1. The largest absolute Gasteiger partial charge is 0.361 e. The van der Waals surface area contributed by atoms with Crippen molar-refractivity contribution in [3.05, 3.63) is 5.69 Å². The van der Waals surface area contributed by atoms with Crippen molar-refractivity contribution < 1.29 is 8.42 Å². The molecule has 0 aromatic carbocycles.